The van der Waals surface area contributed by atoms with Crippen LogP contribution in [0.2, 0.25) is 0 Å². The van der Waals surface area contributed by atoms with Crippen molar-refractivity contribution in [2.24, 2.45) is 0 Å². The van der Waals surface area contributed by atoms with E-state index in [-0.39, 0.29) is 24.2 Å². The number of para-hydroxylation sites is 1. The second-order valence-electron chi connectivity index (χ2n) is 6.29. The van der Waals surface area contributed by atoms with Crippen LogP contribution in [0.5, 0.6) is 11.5 Å². The smallest absolute Gasteiger partial charge is 0.291 e. The summed E-state index contributed by atoms with van der Waals surface area (Å²) in [6, 6.07) is 14.1. The number of methoxy groups -OCH3 is 1. The van der Waals surface area contributed by atoms with Gasteiger partial charge in [0.15, 0.2) is 6.61 Å². The zero-order chi connectivity index (χ0) is 20.8. The Hall–Kier alpha value is -3.48. The lowest BCUT2D eigenvalue weighted by Crippen LogP contribution is -2.31. The molecular formula is C22H24N2O5. The monoisotopic (exact) mass is 396 g/mol. The minimum atomic E-state index is -0.388. The normalized spacial score (nSPS) is 10.6. The van der Waals surface area contributed by atoms with Gasteiger partial charge in [0.25, 0.3) is 11.8 Å². The lowest BCUT2D eigenvalue weighted by Gasteiger charge is -2.17. The highest BCUT2D eigenvalue weighted by Crippen LogP contribution is 2.31. The van der Waals surface area contributed by atoms with Crippen LogP contribution < -0.4 is 14.8 Å². The number of anilines is 1. The Bertz CT molecular complexity index is 990. The van der Waals surface area contributed by atoms with Crippen LogP contribution in [-0.4, -0.2) is 43.5 Å². The lowest BCUT2D eigenvalue weighted by atomic mass is 10.2. The van der Waals surface area contributed by atoms with Crippen molar-refractivity contribution < 1.29 is 23.5 Å². The van der Waals surface area contributed by atoms with E-state index in [1.165, 1.54) is 0 Å². The summed E-state index contributed by atoms with van der Waals surface area (Å²) in [6.45, 7) is 4.67. The van der Waals surface area contributed by atoms with Crippen molar-refractivity contribution in [3.8, 4) is 11.5 Å². The third-order valence-corrected chi connectivity index (χ3v) is 4.53. The van der Waals surface area contributed by atoms with Crippen LogP contribution in [0.3, 0.4) is 0 Å². The molecule has 7 nitrogen and oxygen atoms in total. The Morgan fingerprint density at radius 1 is 1.00 bits per heavy atom. The first-order chi connectivity index (χ1) is 14.1. The molecule has 0 radical (unpaired) electrons. The van der Waals surface area contributed by atoms with Crippen molar-refractivity contribution in [2.75, 3.05) is 32.1 Å². The van der Waals surface area contributed by atoms with Gasteiger partial charge in [0.2, 0.25) is 5.76 Å². The number of carbonyl (C=O) groups is 2. The molecule has 2 amide bonds. The predicted octanol–water partition coefficient (Wildman–Crippen LogP) is 3.94. The Labute approximate surface area is 169 Å². The number of benzene rings is 2. The molecule has 7 heteroatoms. The number of nitrogens with zero attached hydrogens (tertiary/aromatic N) is 1. The number of ether oxygens (including phenoxy) is 2. The molecule has 0 aliphatic carbocycles. The summed E-state index contributed by atoms with van der Waals surface area (Å²) < 4.78 is 16.4. The predicted molar refractivity (Wildman–Crippen MR) is 111 cm³/mol. The van der Waals surface area contributed by atoms with Crippen molar-refractivity contribution in [3.63, 3.8) is 0 Å². The van der Waals surface area contributed by atoms with Gasteiger partial charge in [0.05, 0.1) is 7.11 Å². The fourth-order valence-corrected chi connectivity index (χ4v) is 2.97. The molecule has 3 aromatic rings. The molecule has 0 bridgehead atoms. The Kier molecular flexibility index (Phi) is 6.39. The van der Waals surface area contributed by atoms with Crippen LogP contribution in [0.1, 0.15) is 24.4 Å². The molecule has 0 saturated carbocycles. The molecule has 0 fully saturated rings. The van der Waals surface area contributed by atoms with E-state index in [9.17, 15) is 9.59 Å². The molecule has 0 spiro atoms. The summed E-state index contributed by atoms with van der Waals surface area (Å²) in [5.74, 6) is 0.704. The van der Waals surface area contributed by atoms with E-state index in [2.05, 4.69) is 5.32 Å². The van der Waals surface area contributed by atoms with Crippen LogP contribution >= 0.6 is 0 Å². The Morgan fingerprint density at radius 3 is 2.31 bits per heavy atom. The van der Waals surface area contributed by atoms with Crippen molar-refractivity contribution in [1.82, 2.24) is 4.90 Å². The minimum Gasteiger partial charge on any atom is -0.497 e. The molecule has 0 atom stereocenters. The van der Waals surface area contributed by atoms with E-state index in [1.54, 1.807) is 48.4 Å². The highest BCUT2D eigenvalue weighted by Gasteiger charge is 2.25. The van der Waals surface area contributed by atoms with Crippen LogP contribution in [0.4, 0.5) is 5.69 Å². The Balaban J connectivity index is 1.79. The van der Waals surface area contributed by atoms with E-state index in [4.69, 9.17) is 13.9 Å². The molecule has 0 aliphatic rings. The number of furan rings is 1. The second-order valence-corrected chi connectivity index (χ2v) is 6.29. The topological polar surface area (TPSA) is 81.0 Å². The van der Waals surface area contributed by atoms with Gasteiger partial charge in [-0.1, -0.05) is 12.1 Å². The molecule has 3 rings (SSSR count). The largest absolute Gasteiger partial charge is 0.497 e. The van der Waals surface area contributed by atoms with Gasteiger partial charge in [-0.25, -0.2) is 0 Å². The molecule has 0 unspecified atom stereocenters. The fourth-order valence-electron chi connectivity index (χ4n) is 2.97. The molecule has 1 heterocycles. The quantitative estimate of drug-likeness (QED) is 0.624. The average Bonchev–Trinajstić information content (AvgIpc) is 3.12. The maximum Gasteiger partial charge on any atom is 0.291 e. The molecule has 0 saturated heterocycles. The van der Waals surface area contributed by atoms with Crippen molar-refractivity contribution in [2.45, 2.75) is 13.8 Å². The number of amides is 2. The SMILES string of the molecule is CCN(CC)C(=O)c1oc2ccccc2c1NC(=O)COc1ccc(OC)cc1. The number of fused-ring (bicyclic) bond motifs is 1. The van der Waals surface area contributed by atoms with Gasteiger partial charge >= 0.3 is 0 Å². The third kappa shape index (κ3) is 4.51. The number of carbonyl (C=O) groups excluding carboxylic acids is 2. The summed E-state index contributed by atoms with van der Waals surface area (Å²) >= 11 is 0. The van der Waals surface area contributed by atoms with Crippen LogP contribution in [0, 0.1) is 0 Å². The van der Waals surface area contributed by atoms with Gasteiger partial charge in [-0.3, -0.25) is 9.59 Å². The van der Waals surface area contributed by atoms with E-state index >= 15 is 0 Å². The van der Waals surface area contributed by atoms with Gasteiger partial charge in [-0.05, 0) is 50.2 Å². The molecular weight excluding hydrogens is 372 g/mol. The van der Waals surface area contributed by atoms with E-state index in [1.807, 2.05) is 26.0 Å². The lowest BCUT2D eigenvalue weighted by molar-refractivity contribution is -0.118. The molecule has 1 aromatic heterocycles. The molecule has 0 aliphatic heterocycles. The van der Waals surface area contributed by atoms with Gasteiger partial charge in [0, 0.05) is 18.5 Å². The van der Waals surface area contributed by atoms with Gasteiger partial charge in [0.1, 0.15) is 22.8 Å². The van der Waals surface area contributed by atoms with Crippen molar-refractivity contribution in [1.29, 1.82) is 0 Å². The average molecular weight is 396 g/mol. The van der Waals surface area contributed by atoms with E-state index < -0.39 is 0 Å². The maximum atomic E-state index is 12.9. The van der Waals surface area contributed by atoms with Gasteiger partial charge < -0.3 is 24.1 Å². The summed E-state index contributed by atoms with van der Waals surface area (Å²) in [6.07, 6.45) is 0. The summed E-state index contributed by atoms with van der Waals surface area (Å²) in [5.41, 5.74) is 0.898. The first kappa shape index (κ1) is 20.3. The molecule has 152 valence electrons. The van der Waals surface area contributed by atoms with Gasteiger partial charge in [-0.2, -0.15) is 0 Å². The summed E-state index contributed by atoms with van der Waals surface area (Å²) in [5, 5.41) is 3.45. The van der Waals surface area contributed by atoms with E-state index in [0.717, 1.165) is 0 Å². The van der Waals surface area contributed by atoms with Crippen LogP contribution in [0.15, 0.2) is 52.9 Å². The third-order valence-electron chi connectivity index (χ3n) is 4.53. The highest BCUT2D eigenvalue weighted by atomic mass is 16.5. The first-order valence-corrected chi connectivity index (χ1v) is 9.44. The van der Waals surface area contributed by atoms with Crippen LogP contribution in [-0.2, 0) is 4.79 Å². The number of hydrogen-bond donors (Lipinski definition) is 1. The zero-order valence-corrected chi connectivity index (χ0v) is 16.7. The number of nitrogens with one attached hydrogen (secondary N) is 1. The maximum absolute atomic E-state index is 12.9. The number of rotatable bonds is 8. The molecule has 29 heavy (non-hydrogen) atoms. The number of hydrogen-bond acceptors (Lipinski definition) is 5. The second kappa shape index (κ2) is 9.14. The van der Waals surface area contributed by atoms with Crippen LogP contribution in [0.25, 0.3) is 11.0 Å². The first-order valence-electron chi connectivity index (χ1n) is 9.44. The van der Waals surface area contributed by atoms with Crippen molar-refractivity contribution >= 4 is 28.5 Å². The minimum absolute atomic E-state index is 0.118. The standard InChI is InChI=1S/C22H24N2O5/c1-4-24(5-2)22(26)21-20(17-8-6-7-9-18(17)29-21)23-19(25)14-28-16-12-10-15(27-3)11-13-16/h6-13H,4-5,14H2,1-3H3,(H,23,25). The summed E-state index contributed by atoms with van der Waals surface area (Å²) in [7, 11) is 1.58. The fraction of sp³-hybridized carbons (Fsp3) is 0.273. The van der Waals surface area contributed by atoms with E-state index in [0.29, 0.717) is 41.2 Å². The molecule has 1 N–H and O–H groups in total. The summed E-state index contributed by atoms with van der Waals surface area (Å²) in [4.78, 5) is 27.0. The van der Waals surface area contributed by atoms with Gasteiger partial charge in [-0.15, -0.1) is 0 Å². The van der Waals surface area contributed by atoms with Crippen molar-refractivity contribution in [3.05, 3.63) is 54.3 Å². The Morgan fingerprint density at radius 2 is 1.66 bits per heavy atom. The zero-order valence-electron chi connectivity index (χ0n) is 16.7. The highest BCUT2D eigenvalue weighted by molar-refractivity contribution is 6.11. The molecule has 2 aromatic carbocycles.